The lowest BCUT2D eigenvalue weighted by molar-refractivity contribution is -0.305. The zero-order valence-electron chi connectivity index (χ0n) is 6.72. The topological polar surface area (TPSA) is 40.1 Å². The lowest BCUT2D eigenvalue weighted by Gasteiger charge is -2.04. The molecule has 0 radical (unpaired) electrons. The Balaban J connectivity index is 2.72. The Hall–Kier alpha value is -0.730. The van der Waals surface area contributed by atoms with Crippen molar-refractivity contribution in [1.29, 1.82) is 0 Å². The van der Waals surface area contributed by atoms with Gasteiger partial charge in [0.25, 0.3) is 0 Å². The highest BCUT2D eigenvalue weighted by atomic mass is 35.5. The molecule has 0 bridgehead atoms. The summed E-state index contributed by atoms with van der Waals surface area (Å²) in [5.41, 5.74) is 0.773. The third-order valence-corrected chi connectivity index (χ3v) is 2.20. The Bertz CT molecular complexity index is 323. The summed E-state index contributed by atoms with van der Waals surface area (Å²) in [6.45, 7) is 0. The van der Waals surface area contributed by atoms with Gasteiger partial charge in [0.05, 0.1) is 0 Å². The minimum Gasteiger partial charge on any atom is -0.550 e. The van der Waals surface area contributed by atoms with Crippen LogP contribution in [0.4, 0.5) is 0 Å². The molecule has 0 unspecified atom stereocenters. The van der Waals surface area contributed by atoms with Gasteiger partial charge >= 0.3 is 0 Å². The van der Waals surface area contributed by atoms with Crippen LogP contribution in [0.1, 0.15) is 12.0 Å². The van der Waals surface area contributed by atoms with Gasteiger partial charge in [0.2, 0.25) is 0 Å². The van der Waals surface area contributed by atoms with E-state index in [9.17, 15) is 9.90 Å². The minimum absolute atomic E-state index is 0.0264. The molecule has 0 N–H and O–H groups in total. The molecular weight excluding hydrogens is 211 g/mol. The number of hydrogen-bond donors (Lipinski definition) is 0. The molecule has 0 aliphatic heterocycles. The number of aryl methyl sites for hydroxylation is 1. The van der Waals surface area contributed by atoms with Gasteiger partial charge < -0.3 is 9.90 Å². The second-order valence-electron chi connectivity index (χ2n) is 2.61. The monoisotopic (exact) mass is 217 g/mol. The lowest BCUT2D eigenvalue weighted by Crippen LogP contribution is -2.22. The average Bonchev–Trinajstić information content (AvgIpc) is 2.02. The van der Waals surface area contributed by atoms with Crippen molar-refractivity contribution >= 4 is 29.2 Å². The fourth-order valence-electron chi connectivity index (χ4n) is 0.961. The molecule has 0 fully saturated rings. The first-order valence-corrected chi connectivity index (χ1v) is 4.49. The van der Waals surface area contributed by atoms with Gasteiger partial charge in [-0.25, -0.2) is 0 Å². The minimum atomic E-state index is -1.08. The number of benzene rings is 1. The highest BCUT2D eigenvalue weighted by Gasteiger charge is 2.00. The van der Waals surface area contributed by atoms with Gasteiger partial charge in [-0.15, -0.1) is 0 Å². The Morgan fingerprint density at radius 2 is 2.08 bits per heavy atom. The van der Waals surface area contributed by atoms with Crippen LogP contribution in [0.25, 0.3) is 0 Å². The molecule has 0 aliphatic rings. The van der Waals surface area contributed by atoms with E-state index in [4.69, 9.17) is 23.2 Å². The molecule has 0 saturated heterocycles. The van der Waals surface area contributed by atoms with Crippen LogP contribution in [-0.2, 0) is 11.2 Å². The maximum absolute atomic E-state index is 10.2. The van der Waals surface area contributed by atoms with E-state index in [0.717, 1.165) is 5.56 Å². The first-order chi connectivity index (χ1) is 6.09. The van der Waals surface area contributed by atoms with Crippen molar-refractivity contribution in [2.45, 2.75) is 12.8 Å². The molecule has 0 saturated carbocycles. The lowest BCUT2D eigenvalue weighted by atomic mass is 10.1. The normalized spacial score (nSPS) is 10.0. The first-order valence-electron chi connectivity index (χ1n) is 3.73. The SMILES string of the molecule is O=C([O-])CCc1ccc(Cl)cc1Cl. The average molecular weight is 218 g/mol. The summed E-state index contributed by atoms with van der Waals surface area (Å²) in [6.07, 6.45) is 0.347. The van der Waals surface area contributed by atoms with Gasteiger partial charge in [0.15, 0.2) is 0 Å². The summed E-state index contributed by atoms with van der Waals surface area (Å²) >= 11 is 11.5. The molecule has 0 atom stereocenters. The van der Waals surface area contributed by atoms with Crippen molar-refractivity contribution in [3.63, 3.8) is 0 Å². The quantitative estimate of drug-likeness (QED) is 0.774. The zero-order chi connectivity index (χ0) is 9.84. The van der Waals surface area contributed by atoms with E-state index in [-0.39, 0.29) is 6.42 Å². The van der Waals surface area contributed by atoms with E-state index in [1.807, 2.05) is 0 Å². The fourth-order valence-corrected chi connectivity index (χ4v) is 1.46. The maximum atomic E-state index is 10.2. The molecule has 0 aliphatic carbocycles. The van der Waals surface area contributed by atoms with Crippen LogP contribution in [-0.4, -0.2) is 5.97 Å². The molecular formula is C9H7Cl2O2-. The summed E-state index contributed by atoms with van der Waals surface area (Å²) < 4.78 is 0. The predicted octanol–water partition coefficient (Wildman–Crippen LogP) is 1.68. The number of carboxylic acids is 1. The highest BCUT2D eigenvalue weighted by molar-refractivity contribution is 6.35. The summed E-state index contributed by atoms with van der Waals surface area (Å²) in [5.74, 6) is -1.08. The number of halogens is 2. The maximum Gasteiger partial charge on any atom is 0.0452 e. The van der Waals surface area contributed by atoms with Crippen molar-refractivity contribution in [3.05, 3.63) is 33.8 Å². The standard InChI is InChI=1S/C9H8Cl2O2/c10-7-3-1-6(8(11)5-7)2-4-9(12)13/h1,3,5H,2,4H2,(H,12,13)/p-1. The molecule has 0 spiro atoms. The second-order valence-corrected chi connectivity index (χ2v) is 3.45. The van der Waals surface area contributed by atoms with Crippen LogP contribution in [0.5, 0.6) is 0 Å². The molecule has 13 heavy (non-hydrogen) atoms. The number of aliphatic carboxylic acids is 1. The third-order valence-electron chi connectivity index (χ3n) is 1.61. The van der Waals surface area contributed by atoms with E-state index in [0.29, 0.717) is 16.5 Å². The molecule has 70 valence electrons. The first kappa shape index (κ1) is 10.4. The van der Waals surface area contributed by atoms with Gasteiger partial charge in [0.1, 0.15) is 0 Å². The number of carbonyl (C=O) groups excluding carboxylic acids is 1. The molecule has 1 aromatic rings. The number of rotatable bonds is 3. The van der Waals surface area contributed by atoms with Crippen LogP contribution in [0.2, 0.25) is 10.0 Å². The van der Waals surface area contributed by atoms with Crippen LogP contribution in [0.15, 0.2) is 18.2 Å². The van der Waals surface area contributed by atoms with Gasteiger partial charge in [-0.3, -0.25) is 0 Å². The molecule has 1 aromatic carbocycles. The highest BCUT2D eigenvalue weighted by Crippen LogP contribution is 2.21. The van der Waals surface area contributed by atoms with Crippen LogP contribution >= 0.6 is 23.2 Å². The molecule has 0 amide bonds. The third kappa shape index (κ3) is 3.25. The van der Waals surface area contributed by atoms with Crippen LogP contribution in [0, 0.1) is 0 Å². The van der Waals surface area contributed by atoms with Gasteiger partial charge in [0, 0.05) is 16.0 Å². The van der Waals surface area contributed by atoms with Gasteiger partial charge in [-0.2, -0.15) is 0 Å². The van der Waals surface area contributed by atoms with Crippen molar-refractivity contribution in [2.75, 3.05) is 0 Å². The molecule has 1 rings (SSSR count). The van der Waals surface area contributed by atoms with E-state index >= 15 is 0 Å². The van der Waals surface area contributed by atoms with Crippen molar-refractivity contribution in [1.82, 2.24) is 0 Å². The van der Waals surface area contributed by atoms with Crippen LogP contribution in [0.3, 0.4) is 0 Å². The van der Waals surface area contributed by atoms with Crippen LogP contribution < -0.4 is 5.11 Å². The molecule has 2 nitrogen and oxygen atoms in total. The second kappa shape index (κ2) is 4.49. The summed E-state index contributed by atoms with van der Waals surface area (Å²) in [4.78, 5) is 10.2. The number of carboxylic acid groups (broad SMARTS) is 1. The Morgan fingerprint density at radius 3 is 2.62 bits per heavy atom. The molecule has 0 aromatic heterocycles. The largest absolute Gasteiger partial charge is 0.550 e. The molecule has 4 heteroatoms. The van der Waals surface area contributed by atoms with E-state index < -0.39 is 5.97 Å². The Labute approximate surface area is 86.1 Å². The van der Waals surface area contributed by atoms with E-state index in [2.05, 4.69) is 0 Å². The Kier molecular flexibility index (Phi) is 3.58. The summed E-state index contributed by atoms with van der Waals surface area (Å²) in [7, 11) is 0. The van der Waals surface area contributed by atoms with Gasteiger partial charge in [-0.05, 0) is 30.5 Å². The number of hydrogen-bond acceptors (Lipinski definition) is 2. The predicted molar refractivity (Wildman–Crippen MR) is 49.8 cm³/mol. The Morgan fingerprint density at radius 1 is 1.38 bits per heavy atom. The molecule has 0 heterocycles. The van der Waals surface area contributed by atoms with Crippen molar-refractivity contribution in [3.8, 4) is 0 Å². The van der Waals surface area contributed by atoms with Crippen molar-refractivity contribution in [2.24, 2.45) is 0 Å². The number of carbonyl (C=O) groups is 1. The van der Waals surface area contributed by atoms with Gasteiger partial charge in [-0.1, -0.05) is 29.3 Å². The zero-order valence-corrected chi connectivity index (χ0v) is 8.23. The summed E-state index contributed by atoms with van der Waals surface area (Å²) in [5, 5.41) is 11.2. The fraction of sp³-hybridized carbons (Fsp3) is 0.222. The van der Waals surface area contributed by atoms with Crippen molar-refractivity contribution < 1.29 is 9.90 Å². The summed E-state index contributed by atoms with van der Waals surface area (Å²) in [6, 6.07) is 4.99. The van der Waals surface area contributed by atoms with E-state index in [1.54, 1.807) is 18.2 Å². The van der Waals surface area contributed by atoms with E-state index in [1.165, 1.54) is 0 Å². The smallest absolute Gasteiger partial charge is 0.0452 e.